The van der Waals surface area contributed by atoms with Gasteiger partial charge in [-0.05, 0) is 58.7 Å². The fourth-order valence-corrected chi connectivity index (χ4v) is 2.49. The Balaban J connectivity index is 2.17. The van der Waals surface area contributed by atoms with Crippen LogP contribution in [0.4, 0.5) is 0 Å². The minimum atomic E-state index is 0.776. The minimum Gasteiger partial charge on any atom is -0.385 e. The SMILES string of the molecule is CCNC(=NCCCOC)NCCC1CCN(C)CC1. The van der Waals surface area contributed by atoms with Gasteiger partial charge in [-0.1, -0.05) is 0 Å². The van der Waals surface area contributed by atoms with E-state index in [1.807, 2.05) is 0 Å². The van der Waals surface area contributed by atoms with E-state index in [2.05, 4.69) is 34.5 Å². The maximum Gasteiger partial charge on any atom is 0.191 e. The first-order chi connectivity index (χ1) is 9.76. The normalized spacial score (nSPS) is 18.2. The van der Waals surface area contributed by atoms with Crippen LogP contribution in [0.1, 0.15) is 32.6 Å². The van der Waals surface area contributed by atoms with E-state index in [0.29, 0.717) is 0 Å². The van der Waals surface area contributed by atoms with Gasteiger partial charge >= 0.3 is 0 Å². The first-order valence-corrected chi connectivity index (χ1v) is 7.96. The van der Waals surface area contributed by atoms with Crippen LogP contribution in [0.15, 0.2) is 4.99 Å². The Bertz CT molecular complexity index is 263. The Hall–Kier alpha value is -0.810. The lowest BCUT2D eigenvalue weighted by Crippen LogP contribution is -2.39. The predicted molar refractivity (Wildman–Crippen MR) is 85.3 cm³/mol. The Morgan fingerprint density at radius 1 is 1.30 bits per heavy atom. The number of likely N-dealkylation sites (tertiary alicyclic amines) is 1. The maximum atomic E-state index is 5.04. The molecule has 2 N–H and O–H groups in total. The van der Waals surface area contributed by atoms with Gasteiger partial charge in [0.25, 0.3) is 0 Å². The van der Waals surface area contributed by atoms with E-state index in [9.17, 15) is 0 Å². The Labute approximate surface area is 124 Å². The molecule has 1 rings (SSSR count). The fourth-order valence-electron chi connectivity index (χ4n) is 2.49. The first-order valence-electron chi connectivity index (χ1n) is 7.96. The second kappa shape index (κ2) is 10.9. The van der Waals surface area contributed by atoms with Crippen LogP contribution in [-0.4, -0.2) is 64.3 Å². The molecule has 0 aliphatic carbocycles. The molecule has 1 heterocycles. The zero-order valence-corrected chi connectivity index (χ0v) is 13.5. The van der Waals surface area contributed by atoms with Crippen molar-refractivity contribution in [1.29, 1.82) is 0 Å². The van der Waals surface area contributed by atoms with Crippen molar-refractivity contribution in [2.75, 3.05) is 53.5 Å². The van der Waals surface area contributed by atoms with Crippen LogP contribution in [0.25, 0.3) is 0 Å². The highest BCUT2D eigenvalue weighted by molar-refractivity contribution is 5.79. The molecule has 1 saturated heterocycles. The second-order valence-corrected chi connectivity index (χ2v) is 5.57. The van der Waals surface area contributed by atoms with Crippen LogP contribution in [0, 0.1) is 5.92 Å². The number of rotatable bonds is 8. The van der Waals surface area contributed by atoms with E-state index < -0.39 is 0 Å². The summed E-state index contributed by atoms with van der Waals surface area (Å²) < 4.78 is 5.04. The van der Waals surface area contributed by atoms with Gasteiger partial charge in [0, 0.05) is 33.4 Å². The summed E-state index contributed by atoms with van der Waals surface area (Å²) in [6.45, 7) is 8.11. The average Bonchev–Trinajstić information content (AvgIpc) is 2.45. The zero-order valence-electron chi connectivity index (χ0n) is 13.5. The zero-order chi connectivity index (χ0) is 14.6. The van der Waals surface area contributed by atoms with E-state index in [-0.39, 0.29) is 0 Å². The highest BCUT2D eigenvalue weighted by atomic mass is 16.5. The molecule has 0 atom stereocenters. The Morgan fingerprint density at radius 2 is 2.05 bits per heavy atom. The lowest BCUT2D eigenvalue weighted by Gasteiger charge is -2.29. The number of piperidine rings is 1. The third-order valence-electron chi connectivity index (χ3n) is 3.80. The van der Waals surface area contributed by atoms with Gasteiger partial charge in [0.05, 0.1) is 0 Å². The molecule has 0 aromatic carbocycles. The molecule has 1 aliphatic heterocycles. The first kappa shape index (κ1) is 17.2. The van der Waals surface area contributed by atoms with Crippen LogP contribution >= 0.6 is 0 Å². The number of aliphatic imine (C=N–C) groups is 1. The standard InChI is InChI=1S/C15H32N4O/c1-4-16-15(17-9-5-13-20-3)18-10-6-14-7-11-19(2)12-8-14/h14H,4-13H2,1-3H3,(H2,16,17,18). The van der Waals surface area contributed by atoms with E-state index in [0.717, 1.165) is 44.5 Å². The summed E-state index contributed by atoms with van der Waals surface area (Å²) in [4.78, 5) is 6.97. The van der Waals surface area contributed by atoms with Crippen LogP contribution in [0.3, 0.4) is 0 Å². The van der Waals surface area contributed by atoms with E-state index in [1.165, 1.54) is 32.4 Å². The molecule has 0 bridgehead atoms. The molecular weight excluding hydrogens is 252 g/mol. The lowest BCUT2D eigenvalue weighted by atomic mass is 9.94. The van der Waals surface area contributed by atoms with Crippen molar-refractivity contribution in [2.24, 2.45) is 10.9 Å². The molecule has 0 aromatic heterocycles. The van der Waals surface area contributed by atoms with Crippen molar-refractivity contribution in [3.63, 3.8) is 0 Å². The van der Waals surface area contributed by atoms with Gasteiger partial charge in [-0.2, -0.15) is 0 Å². The highest BCUT2D eigenvalue weighted by Gasteiger charge is 2.16. The van der Waals surface area contributed by atoms with Gasteiger partial charge in [0.1, 0.15) is 0 Å². The van der Waals surface area contributed by atoms with Crippen molar-refractivity contribution in [3.05, 3.63) is 0 Å². The number of hydrogen-bond donors (Lipinski definition) is 2. The highest BCUT2D eigenvalue weighted by Crippen LogP contribution is 2.18. The molecule has 1 aliphatic rings. The molecule has 1 fully saturated rings. The number of nitrogens with one attached hydrogen (secondary N) is 2. The van der Waals surface area contributed by atoms with E-state index in [4.69, 9.17) is 4.74 Å². The lowest BCUT2D eigenvalue weighted by molar-refractivity contribution is 0.197. The number of nitrogens with zero attached hydrogens (tertiary/aromatic N) is 2. The smallest absolute Gasteiger partial charge is 0.191 e. The van der Waals surface area contributed by atoms with E-state index in [1.54, 1.807) is 7.11 Å². The van der Waals surface area contributed by atoms with Gasteiger partial charge in [-0.15, -0.1) is 0 Å². The van der Waals surface area contributed by atoms with Crippen molar-refractivity contribution < 1.29 is 4.74 Å². The molecule has 0 unspecified atom stereocenters. The van der Waals surface area contributed by atoms with Crippen molar-refractivity contribution in [2.45, 2.75) is 32.6 Å². The van der Waals surface area contributed by atoms with Gasteiger partial charge in [-0.25, -0.2) is 0 Å². The summed E-state index contributed by atoms with van der Waals surface area (Å²) in [5.74, 6) is 1.81. The number of ether oxygens (including phenoxy) is 1. The fraction of sp³-hybridized carbons (Fsp3) is 0.933. The molecule has 20 heavy (non-hydrogen) atoms. The largest absolute Gasteiger partial charge is 0.385 e. The van der Waals surface area contributed by atoms with Crippen LogP contribution in [0.2, 0.25) is 0 Å². The topological polar surface area (TPSA) is 48.9 Å². The summed E-state index contributed by atoms with van der Waals surface area (Å²) in [6, 6.07) is 0. The van der Waals surface area contributed by atoms with Crippen LogP contribution in [0.5, 0.6) is 0 Å². The molecule has 0 spiro atoms. The van der Waals surface area contributed by atoms with Crippen LogP contribution in [-0.2, 0) is 4.74 Å². The Morgan fingerprint density at radius 3 is 2.70 bits per heavy atom. The van der Waals surface area contributed by atoms with Gasteiger partial charge in [0.15, 0.2) is 5.96 Å². The van der Waals surface area contributed by atoms with Gasteiger partial charge < -0.3 is 20.3 Å². The van der Waals surface area contributed by atoms with Crippen molar-refractivity contribution >= 4 is 5.96 Å². The molecule has 118 valence electrons. The quantitative estimate of drug-likeness (QED) is 0.401. The third kappa shape index (κ3) is 7.70. The van der Waals surface area contributed by atoms with Crippen LogP contribution < -0.4 is 10.6 Å². The minimum absolute atomic E-state index is 0.776. The molecule has 5 heteroatoms. The van der Waals surface area contributed by atoms with Gasteiger partial charge in [-0.3, -0.25) is 4.99 Å². The molecule has 5 nitrogen and oxygen atoms in total. The van der Waals surface area contributed by atoms with Crippen molar-refractivity contribution in [3.8, 4) is 0 Å². The predicted octanol–water partition coefficient (Wildman–Crippen LogP) is 1.31. The second-order valence-electron chi connectivity index (χ2n) is 5.57. The average molecular weight is 284 g/mol. The third-order valence-corrected chi connectivity index (χ3v) is 3.80. The summed E-state index contributed by atoms with van der Waals surface area (Å²) in [5, 5.41) is 6.73. The summed E-state index contributed by atoms with van der Waals surface area (Å²) in [6.07, 6.45) is 4.89. The van der Waals surface area contributed by atoms with E-state index >= 15 is 0 Å². The van der Waals surface area contributed by atoms with Crippen molar-refractivity contribution in [1.82, 2.24) is 15.5 Å². The van der Waals surface area contributed by atoms with Gasteiger partial charge in [0.2, 0.25) is 0 Å². The Kier molecular flexibility index (Phi) is 9.41. The maximum absolute atomic E-state index is 5.04. The molecule has 0 amide bonds. The summed E-state index contributed by atoms with van der Waals surface area (Å²) >= 11 is 0. The number of methoxy groups -OCH3 is 1. The molecule has 0 saturated carbocycles. The number of guanidine groups is 1. The summed E-state index contributed by atoms with van der Waals surface area (Å²) in [7, 11) is 3.94. The molecular formula is C15H32N4O. The number of hydrogen-bond acceptors (Lipinski definition) is 3. The summed E-state index contributed by atoms with van der Waals surface area (Å²) in [5.41, 5.74) is 0. The monoisotopic (exact) mass is 284 g/mol. The molecule has 0 aromatic rings. The molecule has 0 radical (unpaired) electrons.